The Balaban J connectivity index is 0.00000392. The van der Waals surface area contributed by atoms with E-state index in [9.17, 15) is 13.2 Å². The van der Waals surface area contributed by atoms with Gasteiger partial charge in [0.25, 0.3) is 0 Å². The first-order valence-corrected chi connectivity index (χ1v) is 8.38. The van der Waals surface area contributed by atoms with Crippen LogP contribution < -0.4 is 20.1 Å². The number of benzene rings is 2. The quantitative estimate of drug-likeness (QED) is 0.319. The summed E-state index contributed by atoms with van der Waals surface area (Å²) in [5.41, 5.74) is 0.566. The molecule has 2 aromatic carbocycles. The second-order valence-corrected chi connectivity index (χ2v) is 5.65. The molecule has 28 heavy (non-hydrogen) atoms. The number of ether oxygens (including phenoxy) is 2. The SMILES string of the molecule is CN=C(NCc1ccccc1OC(F)F)NCC(C)Oc1ccccc1F.I. The highest BCUT2D eigenvalue weighted by molar-refractivity contribution is 14.0. The third kappa shape index (κ3) is 7.83. The lowest BCUT2D eigenvalue weighted by Crippen LogP contribution is -2.41. The summed E-state index contributed by atoms with van der Waals surface area (Å²) in [6.45, 7) is -0.493. The van der Waals surface area contributed by atoms with E-state index in [2.05, 4.69) is 20.4 Å². The predicted octanol–water partition coefficient (Wildman–Crippen LogP) is 4.18. The van der Waals surface area contributed by atoms with Gasteiger partial charge in [0.15, 0.2) is 17.5 Å². The number of rotatable bonds is 8. The minimum absolute atomic E-state index is 0. The van der Waals surface area contributed by atoms with Crippen LogP contribution in [0, 0.1) is 5.82 Å². The van der Waals surface area contributed by atoms with Gasteiger partial charge in [-0.05, 0) is 25.1 Å². The van der Waals surface area contributed by atoms with E-state index in [-0.39, 0.29) is 48.1 Å². The zero-order chi connectivity index (χ0) is 19.6. The van der Waals surface area contributed by atoms with Gasteiger partial charge in [0.2, 0.25) is 0 Å². The number of halogens is 4. The molecule has 5 nitrogen and oxygen atoms in total. The molecule has 0 heterocycles. The Bertz CT molecular complexity index is 763. The molecule has 0 amide bonds. The van der Waals surface area contributed by atoms with E-state index in [4.69, 9.17) is 4.74 Å². The second-order valence-electron chi connectivity index (χ2n) is 5.65. The van der Waals surface area contributed by atoms with Crippen molar-refractivity contribution in [2.75, 3.05) is 13.6 Å². The molecule has 154 valence electrons. The third-order valence-electron chi connectivity index (χ3n) is 3.58. The maximum atomic E-state index is 13.6. The van der Waals surface area contributed by atoms with Gasteiger partial charge in [-0.2, -0.15) is 8.78 Å². The Hall–Kier alpha value is -2.17. The fourth-order valence-electron chi connectivity index (χ4n) is 2.30. The molecule has 2 rings (SSSR count). The van der Waals surface area contributed by atoms with Gasteiger partial charge in [-0.1, -0.05) is 30.3 Å². The van der Waals surface area contributed by atoms with Gasteiger partial charge in [-0.3, -0.25) is 4.99 Å². The third-order valence-corrected chi connectivity index (χ3v) is 3.58. The summed E-state index contributed by atoms with van der Waals surface area (Å²) in [5.74, 6) is 0.299. The number of hydrogen-bond donors (Lipinski definition) is 2. The fourth-order valence-corrected chi connectivity index (χ4v) is 2.30. The highest BCUT2D eigenvalue weighted by atomic mass is 127. The van der Waals surface area contributed by atoms with Crippen LogP contribution in [0.5, 0.6) is 11.5 Å². The minimum Gasteiger partial charge on any atom is -0.486 e. The Labute approximate surface area is 179 Å². The molecule has 0 aliphatic heterocycles. The zero-order valence-corrected chi connectivity index (χ0v) is 17.8. The molecule has 0 fully saturated rings. The first kappa shape index (κ1) is 23.9. The van der Waals surface area contributed by atoms with Crippen LogP contribution in [0.3, 0.4) is 0 Å². The van der Waals surface area contributed by atoms with Crippen molar-refractivity contribution in [3.8, 4) is 11.5 Å². The minimum atomic E-state index is -2.89. The van der Waals surface area contributed by atoms with Crippen LogP contribution in [-0.4, -0.2) is 32.3 Å². The van der Waals surface area contributed by atoms with Gasteiger partial charge >= 0.3 is 6.61 Å². The largest absolute Gasteiger partial charge is 0.486 e. The van der Waals surface area contributed by atoms with Crippen molar-refractivity contribution >= 4 is 29.9 Å². The van der Waals surface area contributed by atoms with Gasteiger partial charge in [-0.15, -0.1) is 24.0 Å². The summed E-state index contributed by atoms with van der Waals surface area (Å²) < 4.78 is 48.6. The molecular weight excluding hydrogens is 486 g/mol. The Morgan fingerprint density at radius 2 is 1.64 bits per heavy atom. The van der Waals surface area contributed by atoms with Crippen molar-refractivity contribution in [1.82, 2.24) is 10.6 Å². The lowest BCUT2D eigenvalue weighted by molar-refractivity contribution is -0.0504. The molecule has 0 aliphatic carbocycles. The lowest BCUT2D eigenvalue weighted by Gasteiger charge is -2.18. The smallest absolute Gasteiger partial charge is 0.387 e. The Morgan fingerprint density at radius 1 is 1.00 bits per heavy atom. The Morgan fingerprint density at radius 3 is 2.29 bits per heavy atom. The maximum Gasteiger partial charge on any atom is 0.387 e. The first-order valence-electron chi connectivity index (χ1n) is 8.38. The van der Waals surface area contributed by atoms with E-state index in [1.165, 1.54) is 12.1 Å². The van der Waals surface area contributed by atoms with Crippen LogP contribution >= 0.6 is 24.0 Å². The van der Waals surface area contributed by atoms with Crippen molar-refractivity contribution < 1.29 is 22.6 Å². The molecule has 0 saturated heterocycles. The van der Waals surface area contributed by atoms with Gasteiger partial charge in [-0.25, -0.2) is 4.39 Å². The average Bonchev–Trinajstić information content (AvgIpc) is 2.64. The van der Waals surface area contributed by atoms with Gasteiger partial charge < -0.3 is 20.1 Å². The molecule has 0 spiro atoms. The fraction of sp³-hybridized carbons (Fsp3) is 0.316. The molecule has 0 radical (unpaired) electrons. The Kier molecular flexibility index (Phi) is 10.5. The summed E-state index contributed by atoms with van der Waals surface area (Å²) in [4.78, 5) is 4.07. The molecule has 1 atom stereocenters. The van der Waals surface area contributed by atoms with Crippen molar-refractivity contribution in [2.45, 2.75) is 26.2 Å². The molecule has 0 aliphatic rings. The van der Waals surface area contributed by atoms with E-state index >= 15 is 0 Å². The average molecular weight is 509 g/mol. The van der Waals surface area contributed by atoms with Crippen molar-refractivity contribution in [2.24, 2.45) is 4.99 Å². The number of para-hydroxylation sites is 2. The predicted molar refractivity (Wildman–Crippen MR) is 113 cm³/mol. The number of alkyl halides is 2. The molecule has 0 saturated carbocycles. The molecule has 0 aromatic heterocycles. The normalized spacial score (nSPS) is 12.1. The van der Waals surface area contributed by atoms with Crippen LogP contribution in [0.15, 0.2) is 53.5 Å². The molecular formula is C19H23F3IN3O2. The van der Waals surface area contributed by atoms with Gasteiger partial charge in [0, 0.05) is 19.2 Å². The van der Waals surface area contributed by atoms with Crippen molar-refractivity contribution in [1.29, 1.82) is 0 Å². The summed E-state index contributed by atoms with van der Waals surface area (Å²) in [6.07, 6.45) is -0.324. The van der Waals surface area contributed by atoms with E-state index in [0.717, 1.165) is 0 Å². The van der Waals surface area contributed by atoms with Gasteiger partial charge in [0.1, 0.15) is 11.9 Å². The standard InChI is InChI=1S/C19H22F3N3O2.HI/c1-13(26-17-10-6-4-8-15(17)20)11-24-19(23-2)25-12-14-7-3-5-9-16(14)27-18(21)22;/h3-10,13,18H,11-12H2,1-2H3,(H2,23,24,25);1H. The van der Waals surface area contributed by atoms with Crippen molar-refractivity contribution in [3.05, 3.63) is 59.9 Å². The summed E-state index contributed by atoms with van der Waals surface area (Å²) in [6, 6.07) is 12.7. The topological polar surface area (TPSA) is 54.9 Å². The first-order chi connectivity index (χ1) is 13.0. The summed E-state index contributed by atoms with van der Waals surface area (Å²) >= 11 is 0. The molecule has 0 bridgehead atoms. The number of nitrogens with one attached hydrogen (secondary N) is 2. The van der Waals surface area contributed by atoms with E-state index in [1.54, 1.807) is 50.4 Å². The number of hydrogen-bond acceptors (Lipinski definition) is 3. The van der Waals surface area contributed by atoms with Crippen LogP contribution in [0.2, 0.25) is 0 Å². The van der Waals surface area contributed by atoms with E-state index in [0.29, 0.717) is 18.1 Å². The van der Waals surface area contributed by atoms with Crippen LogP contribution in [0.25, 0.3) is 0 Å². The number of guanidine groups is 1. The van der Waals surface area contributed by atoms with Crippen molar-refractivity contribution in [3.63, 3.8) is 0 Å². The van der Waals surface area contributed by atoms with E-state index < -0.39 is 12.4 Å². The summed E-state index contributed by atoms with van der Waals surface area (Å²) in [5, 5.41) is 6.06. The summed E-state index contributed by atoms with van der Waals surface area (Å²) in [7, 11) is 1.58. The molecule has 2 N–H and O–H groups in total. The maximum absolute atomic E-state index is 13.6. The second kappa shape index (κ2) is 12.3. The highest BCUT2D eigenvalue weighted by Gasteiger charge is 2.11. The van der Waals surface area contributed by atoms with Gasteiger partial charge in [0.05, 0.1) is 6.54 Å². The van der Waals surface area contributed by atoms with Crippen LogP contribution in [-0.2, 0) is 6.54 Å². The number of nitrogens with zero attached hydrogens (tertiary/aromatic N) is 1. The highest BCUT2D eigenvalue weighted by Crippen LogP contribution is 2.20. The zero-order valence-electron chi connectivity index (χ0n) is 15.5. The van der Waals surface area contributed by atoms with Crippen LogP contribution in [0.1, 0.15) is 12.5 Å². The molecule has 9 heteroatoms. The molecule has 1 unspecified atom stereocenters. The number of aliphatic imine (C=N–C) groups is 1. The van der Waals surface area contributed by atoms with E-state index in [1.807, 2.05) is 0 Å². The molecule has 2 aromatic rings. The monoisotopic (exact) mass is 509 g/mol. The lowest BCUT2D eigenvalue weighted by atomic mass is 10.2. The van der Waals surface area contributed by atoms with Crippen LogP contribution in [0.4, 0.5) is 13.2 Å².